The summed E-state index contributed by atoms with van der Waals surface area (Å²) < 4.78 is 21.3. The van der Waals surface area contributed by atoms with E-state index in [9.17, 15) is 4.39 Å². The summed E-state index contributed by atoms with van der Waals surface area (Å²) in [5.41, 5.74) is 4.23. The van der Waals surface area contributed by atoms with Crippen LogP contribution in [0.15, 0.2) is 24.4 Å². The Balaban J connectivity index is 1.54. The van der Waals surface area contributed by atoms with Crippen molar-refractivity contribution in [3.05, 3.63) is 35.7 Å². The van der Waals surface area contributed by atoms with Gasteiger partial charge >= 0.3 is 0 Å². The number of halogens is 1. The topological polar surface area (TPSA) is 76.4 Å². The van der Waals surface area contributed by atoms with Crippen molar-refractivity contribution in [2.45, 2.75) is 37.9 Å². The Morgan fingerprint density at radius 2 is 2.14 bits per heavy atom. The number of nitrogens with zero attached hydrogens (tertiary/aromatic N) is 4. The van der Waals surface area contributed by atoms with Crippen LogP contribution in [0.25, 0.3) is 17.0 Å². The van der Waals surface area contributed by atoms with Crippen LogP contribution in [0.5, 0.6) is 5.75 Å². The highest BCUT2D eigenvalue weighted by atomic mass is 19.1. The normalized spacial score (nSPS) is 22.0. The zero-order valence-electron chi connectivity index (χ0n) is 15.9. The predicted octanol–water partition coefficient (Wildman–Crippen LogP) is 2.71. The molecule has 0 bridgehead atoms. The van der Waals surface area contributed by atoms with E-state index in [4.69, 9.17) is 14.8 Å². The maximum atomic E-state index is 14.0. The van der Waals surface area contributed by atoms with Gasteiger partial charge in [0.1, 0.15) is 29.1 Å². The van der Waals surface area contributed by atoms with Crippen LogP contribution in [0, 0.1) is 6.92 Å². The van der Waals surface area contributed by atoms with Crippen molar-refractivity contribution in [1.82, 2.24) is 24.9 Å². The van der Waals surface area contributed by atoms with E-state index in [1.807, 2.05) is 29.6 Å². The second-order valence-corrected chi connectivity index (χ2v) is 7.57. The van der Waals surface area contributed by atoms with Crippen LogP contribution in [-0.2, 0) is 0 Å². The number of hydrogen-bond donors (Lipinski definition) is 2. The van der Waals surface area contributed by atoms with E-state index >= 15 is 0 Å². The van der Waals surface area contributed by atoms with E-state index in [1.54, 1.807) is 13.3 Å². The van der Waals surface area contributed by atoms with E-state index in [0.717, 1.165) is 46.9 Å². The van der Waals surface area contributed by atoms with E-state index in [-0.39, 0.29) is 6.04 Å². The molecule has 0 radical (unpaired) electrons. The first-order chi connectivity index (χ1) is 13.6. The Kier molecular flexibility index (Phi) is 4.16. The molecule has 5 rings (SSSR count). The lowest BCUT2D eigenvalue weighted by Gasteiger charge is -2.17. The molecular weight excluding hydrogens is 359 g/mol. The van der Waals surface area contributed by atoms with Crippen molar-refractivity contribution in [1.29, 1.82) is 0 Å². The lowest BCUT2D eigenvalue weighted by molar-refractivity contribution is 0.342. The number of aromatic nitrogens is 4. The number of rotatable bonds is 5. The predicted molar refractivity (Wildman–Crippen MR) is 105 cm³/mol. The molecule has 2 atom stereocenters. The van der Waals surface area contributed by atoms with E-state index in [1.165, 1.54) is 0 Å². The van der Waals surface area contributed by atoms with Crippen LogP contribution in [0.4, 0.5) is 10.2 Å². The monoisotopic (exact) mass is 382 g/mol. The molecule has 2 N–H and O–H groups in total. The number of hydrogen-bond acceptors (Lipinski definition) is 6. The van der Waals surface area contributed by atoms with E-state index in [2.05, 4.69) is 15.6 Å². The Hall–Kier alpha value is -2.74. The number of nitrogens with one attached hydrogen (secondary N) is 2. The van der Waals surface area contributed by atoms with Crippen LogP contribution in [0.2, 0.25) is 0 Å². The molecule has 0 unspecified atom stereocenters. The van der Waals surface area contributed by atoms with Gasteiger partial charge in [-0.05, 0) is 31.4 Å². The highest BCUT2D eigenvalue weighted by Gasteiger charge is 2.30. The number of pyridine rings is 1. The summed E-state index contributed by atoms with van der Waals surface area (Å²) in [5.74, 6) is 1.93. The molecule has 7 nitrogen and oxygen atoms in total. The number of imidazole rings is 1. The number of ether oxygens (including phenoxy) is 1. The Morgan fingerprint density at radius 1 is 1.29 bits per heavy atom. The van der Waals surface area contributed by atoms with Gasteiger partial charge in [0.15, 0.2) is 5.65 Å². The van der Waals surface area contributed by atoms with Crippen LogP contribution < -0.4 is 15.4 Å². The van der Waals surface area contributed by atoms with Gasteiger partial charge in [0.2, 0.25) is 0 Å². The number of methoxy groups -OCH3 is 1. The average Bonchev–Trinajstić information content (AvgIpc) is 3.35. The molecule has 0 amide bonds. The molecule has 2 aliphatic rings. The summed E-state index contributed by atoms with van der Waals surface area (Å²) in [5, 5.41) is 11.1. The van der Waals surface area contributed by atoms with Gasteiger partial charge < -0.3 is 15.4 Å². The zero-order valence-corrected chi connectivity index (χ0v) is 15.9. The first kappa shape index (κ1) is 17.4. The second kappa shape index (κ2) is 6.70. The van der Waals surface area contributed by atoms with Gasteiger partial charge in [0, 0.05) is 25.1 Å². The first-order valence-electron chi connectivity index (χ1n) is 9.66. The molecule has 146 valence electrons. The van der Waals surface area contributed by atoms with Crippen molar-refractivity contribution >= 4 is 11.5 Å². The molecule has 1 saturated carbocycles. The fourth-order valence-corrected chi connectivity index (χ4v) is 3.67. The van der Waals surface area contributed by atoms with Crippen LogP contribution in [-0.4, -0.2) is 52.0 Å². The maximum Gasteiger partial charge on any atom is 0.157 e. The fourth-order valence-electron chi connectivity index (χ4n) is 3.67. The number of alkyl halides is 1. The zero-order chi connectivity index (χ0) is 19.3. The quantitative estimate of drug-likeness (QED) is 0.707. The summed E-state index contributed by atoms with van der Waals surface area (Å²) in [4.78, 5) is 9.24. The van der Waals surface area contributed by atoms with Gasteiger partial charge in [-0.2, -0.15) is 5.10 Å². The SMILES string of the molecule is COc1cc2ncc(-c3ccc(C)c(N[C@H]4CNC[C@@H]4F)n3)n2nc1C1CC1. The summed E-state index contributed by atoms with van der Waals surface area (Å²) in [6.07, 6.45) is 3.12. The Labute approximate surface area is 162 Å². The highest BCUT2D eigenvalue weighted by Crippen LogP contribution is 2.43. The van der Waals surface area contributed by atoms with Crippen molar-refractivity contribution < 1.29 is 9.13 Å². The molecule has 2 fully saturated rings. The van der Waals surface area contributed by atoms with Crippen LogP contribution in [0.1, 0.15) is 30.0 Å². The number of fused-ring (bicyclic) bond motifs is 1. The summed E-state index contributed by atoms with van der Waals surface area (Å²) in [6, 6.07) is 5.60. The third-order valence-corrected chi connectivity index (χ3v) is 5.49. The van der Waals surface area contributed by atoms with Gasteiger partial charge in [-0.1, -0.05) is 6.07 Å². The molecule has 1 saturated heterocycles. The molecule has 3 aromatic rings. The molecule has 0 spiro atoms. The van der Waals surface area contributed by atoms with Crippen molar-refractivity contribution in [2.75, 3.05) is 25.5 Å². The van der Waals surface area contributed by atoms with Gasteiger partial charge in [-0.25, -0.2) is 18.9 Å². The first-order valence-corrected chi connectivity index (χ1v) is 9.66. The molecule has 0 aromatic carbocycles. The van der Waals surface area contributed by atoms with Crippen molar-refractivity contribution in [2.24, 2.45) is 0 Å². The Bertz CT molecular complexity index is 1030. The maximum absolute atomic E-state index is 14.0. The standard InChI is InChI=1S/C20H23FN6O/c1-11-3-6-14(24-20(11)25-15-9-22-8-13(15)21)16-10-23-18-7-17(28-2)19(12-4-5-12)26-27(16)18/h3,6-7,10,12-13,15,22H,4-5,8-9H2,1-2H3,(H,24,25)/t13-,15-/m0/s1. The summed E-state index contributed by atoms with van der Waals surface area (Å²) >= 11 is 0. The summed E-state index contributed by atoms with van der Waals surface area (Å²) in [6.45, 7) is 2.94. The molecule has 28 heavy (non-hydrogen) atoms. The smallest absolute Gasteiger partial charge is 0.157 e. The average molecular weight is 382 g/mol. The van der Waals surface area contributed by atoms with Gasteiger partial charge in [0.25, 0.3) is 0 Å². The molecule has 1 aliphatic heterocycles. The Morgan fingerprint density at radius 3 is 2.86 bits per heavy atom. The molecular formula is C20H23FN6O. The van der Waals surface area contributed by atoms with Crippen molar-refractivity contribution in [3.63, 3.8) is 0 Å². The summed E-state index contributed by atoms with van der Waals surface area (Å²) in [7, 11) is 1.67. The highest BCUT2D eigenvalue weighted by molar-refractivity contribution is 5.63. The lowest BCUT2D eigenvalue weighted by atomic mass is 10.2. The number of aryl methyl sites for hydroxylation is 1. The van der Waals surface area contributed by atoms with Crippen LogP contribution in [0.3, 0.4) is 0 Å². The third kappa shape index (κ3) is 2.97. The minimum atomic E-state index is -0.920. The van der Waals surface area contributed by atoms with Gasteiger partial charge in [0.05, 0.1) is 25.0 Å². The third-order valence-electron chi connectivity index (χ3n) is 5.49. The molecule has 1 aliphatic carbocycles. The van der Waals surface area contributed by atoms with E-state index < -0.39 is 6.17 Å². The minimum Gasteiger partial charge on any atom is -0.495 e. The number of anilines is 1. The van der Waals surface area contributed by atoms with Gasteiger partial charge in [-0.15, -0.1) is 0 Å². The minimum absolute atomic E-state index is 0.271. The fraction of sp³-hybridized carbons (Fsp3) is 0.450. The molecule has 4 heterocycles. The molecule has 8 heteroatoms. The van der Waals surface area contributed by atoms with Gasteiger partial charge in [-0.3, -0.25) is 0 Å². The molecule has 3 aromatic heterocycles. The van der Waals surface area contributed by atoms with Crippen molar-refractivity contribution in [3.8, 4) is 17.1 Å². The lowest BCUT2D eigenvalue weighted by Crippen LogP contribution is -2.30. The van der Waals surface area contributed by atoms with E-state index in [0.29, 0.717) is 24.8 Å². The van der Waals surface area contributed by atoms with Crippen LogP contribution >= 0.6 is 0 Å². The largest absolute Gasteiger partial charge is 0.495 e. The second-order valence-electron chi connectivity index (χ2n) is 7.57.